The SMILES string of the molecule is CC(C(=O)O)c1cccc(NC(=O)c2cccc(N3CCCC3=O)c2)c1. The van der Waals surface area contributed by atoms with Crippen molar-refractivity contribution in [2.45, 2.75) is 25.7 Å². The fourth-order valence-electron chi connectivity index (χ4n) is 2.97. The molecule has 1 fully saturated rings. The molecule has 2 amide bonds. The molecule has 1 saturated heterocycles. The first-order valence-corrected chi connectivity index (χ1v) is 8.50. The Morgan fingerprint density at radius 1 is 1.15 bits per heavy atom. The predicted octanol–water partition coefficient (Wildman–Crippen LogP) is 3.25. The Bertz CT molecular complexity index is 862. The maximum atomic E-state index is 12.5. The molecule has 2 aromatic rings. The molecule has 2 N–H and O–H groups in total. The van der Waals surface area contributed by atoms with Crippen LogP contribution in [-0.2, 0) is 9.59 Å². The number of amides is 2. The average Bonchev–Trinajstić information content (AvgIpc) is 3.07. The smallest absolute Gasteiger partial charge is 0.310 e. The molecule has 1 heterocycles. The Kier molecular flexibility index (Phi) is 5.02. The first-order valence-electron chi connectivity index (χ1n) is 8.50. The van der Waals surface area contributed by atoms with Crippen molar-refractivity contribution in [3.63, 3.8) is 0 Å². The first-order chi connectivity index (χ1) is 12.5. The first kappa shape index (κ1) is 17.7. The molecule has 1 aliphatic heterocycles. The highest BCUT2D eigenvalue weighted by Gasteiger charge is 2.22. The summed E-state index contributed by atoms with van der Waals surface area (Å²) in [6.07, 6.45) is 1.36. The summed E-state index contributed by atoms with van der Waals surface area (Å²) in [5.41, 5.74) is 2.31. The number of carboxylic acids is 1. The molecule has 0 radical (unpaired) electrons. The summed E-state index contributed by atoms with van der Waals surface area (Å²) in [6.45, 7) is 2.26. The topological polar surface area (TPSA) is 86.7 Å². The van der Waals surface area contributed by atoms with E-state index in [9.17, 15) is 14.4 Å². The third kappa shape index (κ3) is 3.74. The van der Waals surface area contributed by atoms with Gasteiger partial charge in [-0.3, -0.25) is 14.4 Å². The summed E-state index contributed by atoms with van der Waals surface area (Å²) in [5, 5.41) is 11.9. The quantitative estimate of drug-likeness (QED) is 0.865. The van der Waals surface area contributed by atoms with Gasteiger partial charge in [0.1, 0.15) is 0 Å². The molecule has 26 heavy (non-hydrogen) atoms. The molecule has 3 rings (SSSR count). The summed E-state index contributed by atoms with van der Waals surface area (Å²) in [6, 6.07) is 13.7. The third-order valence-corrected chi connectivity index (χ3v) is 4.51. The van der Waals surface area contributed by atoms with Crippen molar-refractivity contribution in [1.29, 1.82) is 0 Å². The van der Waals surface area contributed by atoms with E-state index in [0.717, 1.165) is 6.42 Å². The summed E-state index contributed by atoms with van der Waals surface area (Å²) >= 11 is 0. The number of carbonyl (C=O) groups excluding carboxylic acids is 2. The van der Waals surface area contributed by atoms with Gasteiger partial charge < -0.3 is 15.3 Å². The van der Waals surface area contributed by atoms with E-state index in [4.69, 9.17) is 5.11 Å². The number of hydrogen-bond acceptors (Lipinski definition) is 3. The van der Waals surface area contributed by atoms with Crippen LogP contribution >= 0.6 is 0 Å². The van der Waals surface area contributed by atoms with Crippen LogP contribution in [0.3, 0.4) is 0 Å². The maximum absolute atomic E-state index is 12.5. The third-order valence-electron chi connectivity index (χ3n) is 4.51. The van der Waals surface area contributed by atoms with E-state index >= 15 is 0 Å². The summed E-state index contributed by atoms with van der Waals surface area (Å²) in [7, 11) is 0. The standard InChI is InChI=1S/C20H20N2O4/c1-13(20(25)26)14-5-2-7-16(11-14)21-19(24)15-6-3-8-17(12-15)22-10-4-9-18(22)23/h2-3,5-8,11-13H,4,9-10H2,1H3,(H,21,24)(H,25,26). The normalized spacial score (nSPS) is 15.0. The van der Waals surface area contributed by atoms with Gasteiger partial charge in [0.05, 0.1) is 5.92 Å². The van der Waals surface area contributed by atoms with Crippen LogP contribution in [0.4, 0.5) is 11.4 Å². The molecular weight excluding hydrogens is 332 g/mol. The Morgan fingerprint density at radius 2 is 1.92 bits per heavy atom. The number of carbonyl (C=O) groups is 3. The Labute approximate surface area is 151 Å². The molecule has 6 nitrogen and oxygen atoms in total. The van der Waals surface area contributed by atoms with Crippen molar-refractivity contribution in [1.82, 2.24) is 0 Å². The van der Waals surface area contributed by atoms with Crippen LogP contribution in [0.2, 0.25) is 0 Å². The van der Waals surface area contributed by atoms with E-state index in [1.54, 1.807) is 54.3 Å². The van der Waals surface area contributed by atoms with Crippen LogP contribution in [-0.4, -0.2) is 29.4 Å². The lowest BCUT2D eigenvalue weighted by molar-refractivity contribution is -0.138. The number of nitrogens with one attached hydrogen (secondary N) is 1. The highest BCUT2D eigenvalue weighted by Crippen LogP contribution is 2.23. The minimum Gasteiger partial charge on any atom is -0.481 e. The molecular formula is C20H20N2O4. The largest absolute Gasteiger partial charge is 0.481 e. The number of rotatable bonds is 5. The lowest BCUT2D eigenvalue weighted by Crippen LogP contribution is -2.24. The monoisotopic (exact) mass is 352 g/mol. The van der Waals surface area contributed by atoms with E-state index in [2.05, 4.69) is 5.32 Å². The molecule has 1 aliphatic rings. The van der Waals surface area contributed by atoms with Gasteiger partial charge in [0.25, 0.3) is 5.91 Å². The van der Waals surface area contributed by atoms with Crippen molar-refractivity contribution in [3.8, 4) is 0 Å². The number of aliphatic carboxylic acids is 1. The fraction of sp³-hybridized carbons (Fsp3) is 0.250. The van der Waals surface area contributed by atoms with Crippen LogP contribution < -0.4 is 10.2 Å². The fourth-order valence-corrected chi connectivity index (χ4v) is 2.97. The summed E-state index contributed by atoms with van der Waals surface area (Å²) in [5.74, 6) is -1.82. The molecule has 2 aromatic carbocycles. The van der Waals surface area contributed by atoms with Gasteiger partial charge in [-0.1, -0.05) is 18.2 Å². The van der Waals surface area contributed by atoms with Crippen molar-refractivity contribution in [2.24, 2.45) is 0 Å². The van der Waals surface area contributed by atoms with E-state index in [1.807, 2.05) is 6.07 Å². The highest BCUT2D eigenvalue weighted by atomic mass is 16.4. The van der Waals surface area contributed by atoms with Crippen molar-refractivity contribution < 1.29 is 19.5 Å². The second-order valence-electron chi connectivity index (χ2n) is 6.34. The molecule has 0 bridgehead atoms. The molecule has 0 saturated carbocycles. The lowest BCUT2D eigenvalue weighted by Gasteiger charge is -2.16. The predicted molar refractivity (Wildman–Crippen MR) is 98.5 cm³/mol. The van der Waals surface area contributed by atoms with Crippen molar-refractivity contribution >= 4 is 29.2 Å². The van der Waals surface area contributed by atoms with Crippen LogP contribution in [0.25, 0.3) is 0 Å². The number of nitrogens with zero attached hydrogens (tertiary/aromatic N) is 1. The van der Waals surface area contributed by atoms with Crippen LogP contribution in [0.1, 0.15) is 41.6 Å². The Morgan fingerprint density at radius 3 is 2.62 bits per heavy atom. The minimum atomic E-state index is -0.920. The highest BCUT2D eigenvalue weighted by molar-refractivity contribution is 6.05. The molecule has 1 unspecified atom stereocenters. The summed E-state index contributed by atoms with van der Waals surface area (Å²) < 4.78 is 0. The van der Waals surface area contributed by atoms with Gasteiger partial charge in [0.2, 0.25) is 5.91 Å². The number of anilines is 2. The number of carboxylic acid groups (broad SMARTS) is 1. The molecule has 0 aliphatic carbocycles. The van der Waals surface area contributed by atoms with E-state index < -0.39 is 11.9 Å². The van der Waals surface area contributed by atoms with E-state index in [1.165, 1.54) is 0 Å². The zero-order valence-electron chi connectivity index (χ0n) is 14.4. The molecule has 6 heteroatoms. The summed E-state index contributed by atoms with van der Waals surface area (Å²) in [4.78, 5) is 37.2. The zero-order valence-corrected chi connectivity index (χ0v) is 14.4. The molecule has 134 valence electrons. The second-order valence-corrected chi connectivity index (χ2v) is 6.34. The average molecular weight is 352 g/mol. The van der Waals surface area contributed by atoms with Crippen molar-refractivity contribution in [3.05, 3.63) is 59.7 Å². The molecule has 1 atom stereocenters. The van der Waals surface area contributed by atoms with Gasteiger partial charge in [0, 0.05) is 29.9 Å². The van der Waals surface area contributed by atoms with Gasteiger partial charge in [-0.05, 0) is 49.2 Å². The maximum Gasteiger partial charge on any atom is 0.310 e. The van der Waals surface area contributed by atoms with E-state index in [-0.39, 0.29) is 11.8 Å². The van der Waals surface area contributed by atoms with Gasteiger partial charge in [-0.25, -0.2) is 0 Å². The zero-order chi connectivity index (χ0) is 18.7. The Balaban J connectivity index is 1.77. The number of benzene rings is 2. The Hall–Kier alpha value is -3.15. The lowest BCUT2D eigenvalue weighted by atomic mass is 10.0. The minimum absolute atomic E-state index is 0.0675. The number of hydrogen-bond donors (Lipinski definition) is 2. The molecule has 0 spiro atoms. The second kappa shape index (κ2) is 7.39. The van der Waals surface area contributed by atoms with Crippen LogP contribution in [0, 0.1) is 0 Å². The molecule has 0 aromatic heterocycles. The van der Waals surface area contributed by atoms with Gasteiger partial charge in [-0.15, -0.1) is 0 Å². The van der Waals surface area contributed by atoms with Gasteiger partial charge in [0.15, 0.2) is 0 Å². The van der Waals surface area contributed by atoms with Crippen LogP contribution in [0.5, 0.6) is 0 Å². The van der Waals surface area contributed by atoms with Crippen LogP contribution in [0.15, 0.2) is 48.5 Å². The van der Waals surface area contributed by atoms with Gasteiger partial charge in [-0.2, -0.15) is 0 Å². The van der Waals surface area contributed by atoms with E-state index in [0.29, 0.717) is 35.5 Å². The van der Waals surface area contributed by atoms with Crippen molar-refractivity contribution in [2.75, 3.05) is 16.8 Å². The van der Waals surface area contributed by atoms with Gasteiger partial charge >= 0.3 is 5.97 Å².